The van der Waals surface area contributed by atoms with Crippen LogP contribution in [0.3, 0.4) is 0 Å². The minimum atomic E-state index is 0.0774. The second-order valence-electron chi connectivity index (χ2n) is 6.43. The zero-order valence-electron chi connectivity index (χ0n) is 12.4. The molecule has 3 N–H and O–H groups in total. The molecule has 0 atom stereocenters. The Hall–Kier alpha value is -1.24. The Labute approximate surface area is 127 Å². The van der Waals surface area contributed by atoms with Crippen molar-refractivity contribution in [1.29, 1.82) is 0 Å². The van der Waals surface area contributed by atoms with Gasteiger partial charge in [-0.2, -0.15) is 0 Å². The number of aryl methyl sites for hydroxylation is 2. The largest absolute Gasteiger partial charge is 0.328 e. The number of nitrogens with zero attached hydrogens (tertiary/aromatic N) is 1. The molecule has 2 aliphatic rings. The third-order valence-electron chi connectivity index (χ3n) is 4.85. The maximum atomic E-state index is 12.4. The molecule has 0 radical (unpaired) electrons. The van der Waals surface area contributed by atoms with Crippen LogP contribution in [0.4, 0.5) is 0 Å². The highest BCUT2D eigenvalue weighted by molar-refractivity contribution is 7.18. The fraction of sp³-hybridized carbons (Fsp3) is 0.600. The topological polar surface area (TPSA) is 54.6 Å². The molecule has 1 fully saturated rings. The van der Waals surface area contributed by atoms with E-state index >= 15 is 0 Å². The van der Waals surface area contributed by atoms with Crippen LogP contribution in [0.2, 0.25) is 0 Å². The number of fused-ring (bicyclic) bond motifs is 3. The van der Waals surface area contributed by atoms with Crippen LogP contribution >= 0.6 is 11.3 Å². The number of nitrogens with one attached hydrogen (secondary N) is 3. The third-order valence-corrected chi connectivity index (χ3v) is 6.04. The van der Waals surface area contributed by atoms with Crippen LogP contribution in [0.1, 0.15) is 22.7 Å². The maximum absolute atomic E-state index is 12.4. The van der Waals surface area contributed by atoms with Crippen molar-refractivity contribution in [1.82, 2.24) is 9.97 Å². The molecule has 0 spiro atoms. The number of hydrogen-bond donors (Lipinski definition) is 3. The van der Waals surface area contributed by atoms with Crippen molar-refractivity contribution in [2.45, 2.75) is 25.8 Å². The average molecular weight is 306 g/mol. The van der Waals surface area contributed by atoms with Gasteiger partial charge in [0.05, 0.1) is 12.4 Å². The molecule has 3 heterocycles. The van der Waals surface area contributed by atoms with Crippen LogP contribution in [0.25, 0.3) is 10.2 Å². The summed E-state index contributed by atoms with van der Waals surface area (Å²) in [5, 5.41) is 0.870. The molecule has 4 rings (SSSR count). The lowest BCUT2D eigenvalue weighted by Crippen LogP contribution is -3.26. The molecule has 2 aromatic heterocycles. The van der Waals surface area contributed by atoms with E-state index in [-0.39, 0.29) is 5.56 Å². The molecule has 1 aliphatic carbocycles. The van der Waals surface area contributed by atoms with Crippen molar-refractivity contribution < 1.29 is 9.80 Å². The van der Waals surface area contributed by atoms with Crippen molar-refractivity contribution in [3.05, 3.63) is 26.6 Å². The molecule has 0 bridgehead atoms. The Morgan fingerprint density at radius 1 is 1.24 bits per heavy atom. The van der Waals surface area contributed by atoms with Crippen molar-refractivity contribution in [3.63, 3.8) is 0 Å². The first-order valence-corrected chi connectivity index (χ1v) is 8.70. The number of likely N-dealkylation sites (N-methyl/N-ethyl adjacent to an activating group) is 1. The lowest BCUT2D eigenvalue weighted by molar-refractivity contribution is -1.01. The zero-order chi connectivity index (χ0) is 14.4. The fourth-order valence-corrected chi connectivity index (χ4v) is 4.86. The first-order valence-electron chi connectivity index (χ1n) is 7.89. The minimum Gasteiger partial charge on any atom is -0.328 e. The molecular formula is C15H22N4OS+2. The number of rotatable bonds is 2. The molecule has 0 unspecified atom stereocenters. The van der Waals surface area contributed by atoms with Gasteiger partial charge in [-0.3, -0.25) is 4.79 Å². The highest BCUT2D eigenvalue weighted by Crippen LogP contribution is 2.34. The molecule has 112 valence electrons. The zero-order valence-corrected chi connectivity index (χ0v) is 13.2. The van der Waals surface area contributed by atoms with Gasteiger partial charge in [0, 0.05) is 4.88 Å². The van der Waals surface area contributed by atoms with Crippen LogP contribution in [-0.4, -0.2) is 43.2 Å². The molecule has 0 saturated carbocycles. The van der Waals surface area contributed by atoms with E-state index < -0.39 is 0 Å². The Bertz CT molecular complexity index is 727. The van der Waals surface area contributed by atoms with Crippen LogP contribution in [0.15, 0.2) is 4.79 Å². The molecule has 6 heteroatoms. The Morgan fingerprint density at radius 2 is 2.05 bits per heavy atom. The predicted molar refractivity (Wildman–Crippen MR) is 83.3 cm³/mol. The van der Waals surface area contributed by atoms with E-state index in [1.54, 1.807) is 16.2 Å². The smallest absolute Gasteiger partial charge is 0.260 e. The van der Waals surface area contributed by atoms with Crippen molar-refractivity contribution >= 4 is 21.6 Å². The lowest BCUT2D eigenvalue weighted by atomic mass is 10.2. The number of hydrogen-bond acceptors (Lipinski definition) is 3. The van der Waals surface area contributed by atoms with Crippen LogP contribution in [-0.2, 0) is 19.4 Å². The van der Waals surface area contributed by atoms with Crippen LogP contribution < -0.4 is 15.4 Å². The van der Waals surface area contributed by atoms with E-state index in [1.807, 2.05) is 0 Å². The summed E-state index contributed by atoms with van der Waals surface area (Å²) in [6.45, 7) is 5.58. The van der Waals surface area contributed by atoms with Gasteiger partial charge in [-0.25, -0.2) is 4.98 Å². The summed E-state index contributed by atoms with van der Waals surface area (Å²) >= 11 is 1.73. The number of H-pyrrole nitrogens is 1. The molecule has 0 amide bonds. The summed E-state index contributed by atoms with van der Waals surface area (Å²) in [5.74, 6) is 0.863. The van der Waals surface area contributed by atoms with E-state index in [2.05, 4.69) is 12.0 Å². The second kappa shape index (κ2) is 5.19. The van der Waals surface area contributed by atoms with Crippen molar-refractivity contribution in [2.75, 3.05) is 33.2 Å². The Kier molecular flexibility index (Phi) is 3.32. The summed E-state index contributed by atoms with van der Waals surface area (Å²) in [5.41, 5.74) is 1.35. The van der Waals surface area contributed by atoms with Crippen LogP contribution in [0, 0.1) is 0 Å². The van der Waals surface area contributed by atoms with Crippen LogP contribution in [0.5, 0.6) is 0 Å². The molecule has 0 aromatic carbocycles. The van der Waals surface area contributed by atoms with E-state index in [0.29, 0.717) is 0 Å². The fourth-order valence-electron chi connectivity index (χ4n) is 3.57. The molecule has 1 saturated heterocycles. The van der Waals surface area contributed by atoms with Gasteiger partial charge >= 0.3 is 0 Å². The number of aromatic amines is 1. The van der Waals surface area contributed by atoms with Crippen molar-refractivity contribution in [2.24, 2.45) is 0 Å². The quantitative estimate of drug-likeness (QED) is 0.625. The van der Waals surface area contributed by atoms with Gasteiger partial charge in [0.25, 0.3) is 5.56 Å². The summed E-state index contributed by atoms with van der Waals surface area (Å²) in [7, 11) is 2.25. The number of aromatic nitrogens is 2. The monoisotopic (exact) mass is 306 g/mol. The van der Waals surface area contributed by atoms with Gasteiger partial charge in [-0.05, 0) is 24.8 Å². The normalized spacial score (nSPS) is 25.4. The van der Waals surface area contributed by atoms with Crippen molar-refractivity contribution in [3.8, 4) is 0 Å². The predicted octanol–water partition coefficient (Wildman–Crippen LogP) is -1.61. The van der Waals surface area contributed by atoms with E-state index in [4.69, 9.17) is 4.98 Å². The van der Waals surface area contributed by atoms with Gasteiger partial charge in [0.15, 0.2) is 5.82 Å². The van der Waals surface area contributed by atoms with E-state index in [0.717, 1.165) is 48.5 Å². The van der Waals surface area contributed by atoms with Gasteiger partial charge in [-0.15, -0.1) is 11.3 Å². The van der Waals surface area contributed by atoms with Gasteiger partial charge in [0.1, 0.15) is 37.6 Å². The molecular weight excluding hydrogens is 284 g/mol. The Morgan fingerprint density at radius 3 is 2.86 bits per heavy atom. The third kappa shape index (κ3) is 2.41. The van der Waals surface area contributed by atoms with Gasteiger partial charge in [0.2, 0.25) is 0 Å². The minimum absolute atomic E-state index is 0.0774. The average Bonchev–Trinajstić information content (AvgIpc) is 3.01. The molecule has 5 nitrogen and oxygen atoms in total. The van der Waals surface area contributed by atoms with Gasteiger partial charge < -0.3 is 14.8 Å². The summed E-state index contributed by atoms with van der Waals surface area (Å²) in [6.07, 6.45) is 3.36. The lowest BCUT2D eigenvalue weighted by Gasteiger charge is -2.26. The highest BCUT2D eigenvalue weighted by atomic mass is 32.1. The first kappa shape index (κ1) is 13.4. The number of quaternary nitrogens is 2. The first-order chi connectivity index (χ1) is 10.2. The summed E-state index contributed by atoms with van der Waals surface area (Å²) in [6, 6.07) is 0. The molecule has 1 aliphatic heterocycles. The maximum Gasteiger partial charge on any atom is 0.260 e. The van der Waals surface area contributed by atoms with E-state index in [1.165, 1.54) is 34.9 Å². The van der Waals surface area contributed by atoms with Gasteiger partial charge in [-0.1, -0.05) is 0 Å². The molecule has 2 aromatic rings. The highest BCUT2D eigenvalue weighted by Gasteiger charge is 2.24. The summed E-state index contributed by atoms with van der Waals surface area (Å²) in [4.78, 5) is 25.7. The standard InChI is InChI=1S/C15H20N4OS/c1-18-5-7-19(8-6-18)9-12-16-14(20)13-10-3-2-4-11(10)21-15(13)17-12/h2-9H2,1H3,(H,16,17,20)/p+2. The number of piperazine rings is 1. The number of thiophene rings is 1. The Balaban J connectivity index is 1.63. The second-order valence-corrected chi connectivity index (χ2v) is 7.52. The van der Waals surface area contributed by atoms with E-state index in [9.17, 15) is 4.79 Å². The molecule has 21 heavy (non-hydrogen) atoms. The SMILES string of the molecule is C[NH+]1CC[NH+](Cc2nc3sc4c(c3c(=O)[nH]2)CCC4)CC1. The summed E-state index contributed by atoms with van der Waals surface area (Å²) < 4.78 is 0.